The molecule has 0 spiro atoms. The fourth-order valence-corrected chi connectivity index (χ4v) is 2.22. The SMILES string of the molecule is O=C(Nc1cccc(Br)c1)c1cc(C2CC2)[nH]n1. The van der Waals surface area contributed by atoms with E-state index in [0.717, 1.165) is 15.9 Å². The molecule has 0 aliphatic heterocycles. The molecule has 2 aromatic rings. The number of rotatable bonds is 3. The first kappa shape index (κ1) is 11.5. The highest BCUT2D eigenvalue weighted by molar-refractivity contribution is 9.10. The first-order chi connectivity index (χ1) is 8.72. The molecule has 2 N–H and O–H groups in total. The predicted octanol–water partition coefficient (Wildman–Crippen LogP) is 3.30. The van der Waals surface area contributed by atoms with Crippen molar-refractivity contribution in [3.63, 3.8) is 0 Å². The zero-order chi connectivity index (χ0) is 12.5. The Morgan fingerprint density at radius 1 is 1.39 bits per heavy atom. The molecule has 0 bridgehead atoms. The summed E-state index contributed by atoms with van der Waals surface area (Å²) in [5.74, 6) is 0.390. The Morgan fingerprint density at radius 2 is 2.22 bits per heavy atom. The van der Waals surface area contributed by atoms with Crippen molar-refractivity contribution in [3.05, 3.63) is 46.2 Å². The molecule has 0 unspecified atom stereocenters. The summed E-state index contributed by atoms with van der Waals surface area (Å²) >= 11 is 3.37. The molecule has 5 heteroatoms. The maximum absolute atomic E-state index is 12.0. The molecule has 1 heterocycles. The van der Waals surface area contributed by atoms with E-state index in [1.807, 2.05) is 30.3 Å². The molecule has 1 saturated carbocycles. The highest BCUT2D eigenvalue weighted by Gasteiger charge is 2.26. The fraction of sp³-hybridized carbons (Fsp3) is 0.231. The van der Waals surface area contributed by atoms with Crippen molar-refractivity contribution in [2.75, 3.05) is 5.32 Å². The number of halogens is 1. The topological polar surface area (TPSA) is 57.8 Å². The lowest BCUT2D eigenvalue weighted by atomic mass is 10.2. The molecule has 1 fully saturated rings. The van der Waals surface area contributed by atoms with Crippen molar-refractivity contribution >= 4 is 27.5 Å². The Labute approximate surface area is 113 Å². The molecular weight excluding hydrogens is 294 g/mol. The molecule has 1 amide bonds. The number of anilines is 1. The van der Waals surface area contributed by atoms with Gasteiger partial charge in [0, 0.05) is 21.8 Å². The van der Waals surface area contributed by atoms with Crippen molar-refractivity contribution < 1.29 is 4.79 Å². The van der Waals surface area contributed by atoms with Crippen molar-refractivity contribution in [2.24, 2.45) is 0 Å². The van der Waals surface area contributed by atoms with Crippen LogP contribution >= 0.6 is 15.9 Å². The average molecular weight is 306 g/mol. The van der Waals surface area contributed by atoms with Crippen LogP contribution in [0.3, 0.4) is 0 Å². The predicted molar refractivity (Wildman–Crippen MR) is 72.7 cm³/mol. The summed E-state index contributed by atoms with van der Waals surface area (Å²) in [5.41, 5.74) is 2.26. The minimum Gasteiger partial charge on any atom is -0.321 e. The van der Waals surface area contributed by atoms with Gasteiger partial charge >= 0.3 is 0 Å². The second-order valence-corrected chi connectivity index (χ2v) is 5.36. The van der Waals surface area contributed by atoms with E-state index in [9.17, 15) is 4.79 Å². The fourth-order valence-electron chi connectivity index (χ4n) is 1.82. The third-order valence-electron chi connectivity index (χ3n) is 2.93. The highest BCUT2D eigenvalue weighted by Crippen LogP contribution is 2.39. The Bertz CT molecular complexity index is 589. The van der Waals surface area contributed by atoms with Crippen LogP contribution in [0.1, 0.15) is 34.9 Å². The lowest BCUT2D eigenvalue weighted by Gasteiger charge is -2.02. The van der Waals surface area contributed by atoms with Crippen LogP contribution in [0.5, 0.6) is 0 Å². The minimum atomic E-state index is -0.184. The average Bonchev–Trinajstić information content (AvgIpc) is 3.07. The van der Waals surface area contributed by atoms with E-state index in [4.69, 9.17) is 0 Å². The Morgan fingerprint density at radius 3 is 2.94 bits per heavy atom. The number of carbonyl (C=O) groups excluding carboxylic acids is 1. The number of hydrogen-bond acceptors (Lipinski definition) is 2. The minimum absolute atomic E-state index is 0.184. The van der Waals surface area contributed by atoms with E-state index in [1.165, 1.54) is 12.8 Å². The molecule has 1 aromatic heterocycles. The lowest BCUT2D eigenvalue weighted by molar-refractivity contribution is 0.102. The summed E-state index contributed by atoms with van der Waals surface area (Å²) in [6.45, 7) is 0. The summed E-state index contributed by atoms with van der Waals surface area (Å²) < 4.78 is 0.931. The van der Waals surface area contributed by atoms with Crippen LogP contribution in [-0.4, -0.2) is 16.1 Å². The Balaban J connectivity index is 1.73. The monoisotopic (exact) mass is 305 g/mol. The third-order valence-corrected chi connectivity index (χ3v) is 3.42. The summed E-state index contributed by atoms with van der Waals surface area (Å²) in [6, 6.07) is 9.32. The number of aromatic amines is 1. The maximum atomic E-state index is 12.0. The maximum Gasteiger partial charge on any atom is 0.276 e. The molecule has 1 aromatic carbocycles. The largest absolute Gasteiger partial charge is 0.321 e. The van der Waals surface area contributed by atoms with Gasteiger partial charge in [-0.3, -0.25) is 9.89 Å². The van der Waals surface area contributed by atoms with Gasteiger partial charge in [0.2, 0.25) is 0 Å². The second-order valence-electron chi connectivity index (χ2n) is 4.45. The van der Waals surface area contributed by atoms with Gasteiger partial charge in [-0.05, 0) is 37.1 Å². The lowest BCUT2D eigenvalue weighted by Crippen LogP contribution is -2.12. The van der Waals surface area contributed by atoms with Crippen LogP contribution in [0.25, 0.3) is 0 Å². The molecular formula is C13H12BrN3O. The van der Waals surface area contributed by atoms with Crippen LogP contribution in [0.2, 0.25) is 0 Å². The van der Waals surface area contributed by atoms with Crippen LogP contribution in [0, 0.1) is 0 Å². The number of carbonyl (C=O) groups is 1. The molecule has 0 saturated heterocycles. The van der Waals surface area contributed by atoms with Gasteiger partial charge in [0.05, 0.1) is 0 Å². The molecule has 1 aliphatic carbocycles. The second kappa shape index (κ2) is 4.57. The number of aromatic nitrogens is 2. The number of hydrogen-bond donors (Lipinski definition) is 2. The highest BCUT2D eigenvalue weighted by atomic mass is 79.9. The van der Waals surface area contributed by atoms with Crippen LogP contribution < -0.4 is 5.32 Å². The molecule has 4 nitrogen and oxygen atoms in total. The number of nitrogens with one attached hydrogen (secondary N) is 2. The van der Waals surface area contributed by atoms with Gasteiger partial charge in [0.15, 0.2) is 5.69 Å². The van der Waals surface area contributed by atoms with E-state index in [-0.39, 0.29) is 5.91 Å². The van der Waals surface area contributed by atoms with Gasteiger partial charge < -0.3 is 5.32 Å². The summed E-state index contributed by atoms with van der Waals surface area (Å²) in [6.07, 6.45) is 2.38. The van der Waals surface area contributed by atoms with E-state index in [2.05, 4.69) is 31.4 Å². The smallest absolute Gasteiger partial charge is 0.276 e. The zero-order valence-electron chi connectivity index (χ0n) is 9.61. The van der Waals surface area contributed by atoms with Crippen LogP contribution in [0.15, 0.2) is 34.8 Å². The van der Waals surface area contributed by atoms with Crippen molar-refractivity contribution in [2.45, 2.75) is 18.8 Å². The first-order valence-corrected chi connectivity index (χ1v) is 6.64. The van der Waals surface area contributed by atoms with Gasteiger partial charge in [0.1, 0.15) is 0 Å². The molecule has 0 atom stereocenters. The summed E-state index contributed by atoms with van der Waals surface area (Å²) in [7, 11) is 0. The van der Waals surface area contributed by atoms with Gasteiger partial charge in [-0.2, -0.15) is 5.10 Å². The number of nitrogens with zero attached hydrogens (tertiary/aromatic N) is 1. The Kier molecular flexibility index (Phi) is 2.91. The van der Waals surface area contributed by atoms with Gasteiger partial charge in [-0.1, -0.05) is 22.0 Å². The van der Waals surface area contributed by atoms with Crippen molar-refractivity contribution in [1.29, 1.82) is 0 Å². The van der Waals surface area contributed by atoms with Crippen molar-refractivity contribution in [3.8, 4) is 0 Å². The third kappa shape index (κ3) is 2.46. The first-order valence-electron chi connectivity index (χ1n) is 5.84. The van der Waals surface area contributed by atoms with Crippen LogP contribution in [0.4, 0.5) is 5.69 Å². The number of amides is 1. The quantitative estimate of drug-likeness (QED) is 0.914. The summed E-state index contributed by atoms with van der Waals surface area (Å²) in [5, 5.41) is 9.79. The van der Waals surface area contributed by atoms with Crippen molar-refractivity contribution in [1.82, 2.24) is 10.2 Å². The van der Waals surface area contributed by atoms with E-state index < -0.39 is 0 Å². The molecule has 3 rings (SSSR count). The van der Waals surface area contributed by atoms with E-state index in [1.54, 1.807) is 0 Å². The summed E-state index contributed by atoms with van der Waals surface area (Å²) in [4.78, 5) is 12.0. The number of H-pyrrole nitrogens is 1. The number of benzene rings is 1. The van der Waals surface area contributed by atoms with Gasteiger partial charge in [0.25, 0.3) is 5.91 Å². The Hall–Kier alpha value is -1.62. The van der Waals surface area contributed by atoms with Gasteiger partial charge in [-0.25, -0.2) is 0 Å². The van der Waals surface area contributed by atoms with Gasteiger partial charge in [-0.15, -0.1) is 0 Å². The molecule has 1 aliphatic rings. The zero-order valence-corrected chi connectivity index (χ0v) is 11.2. The normalized spacial score (nSPS) is 14.5. The van der Waals surface area contributed by atoms with E-state index >= 15 is 0 Å². The molecule has 92 valence electrons. The molecule has 0 radical (unpaired) electrons. The van der Waals surface area contributed by atoms with E-state index in [0.29, 0.717) is 11.6 Å². The van der Waals surface area contributed by atoms with Crippen LogP contribution in [-0.2, 0) is 0 Å². The molecule has 18 heavy (non-hydrogen) atoms. The standard InChI is InChI=1S/C13H12BrN3O/c14-9-2-1-3-10(6-9)15-13(18)12-7-11(16-17-12)8-4-5-8/h1-3,6-8H,4-5H2,(H,15,18)(H,16,17).